The van der Waals surface area contributed by atoms with Crippen LogP contribution in [0.3, 0.4) is 0 Å². The largest absolute Gasteiger partial charge is 0.377 e. The molecule has 0 radical (unpaired) electrons. The molecule has 0 amide bonds. The summed E-state index contributed by atoms with van der Waals surface area (Å²) in [5, 5.41) is 14.6. The maximum absolute atomic E-state index is 10.6. The molecule has 1 N–H and O–H groups in total. The van der Waals surface area contributed by atoms with Crippen molar-refractivity contribution in [1.29, 1.82) is 0 Å². The van der Waals surface area contributed by atoms with Gasteiger partial charge in [0.15, 0.2) is 0 Å². The molecule has 0 aliphatic rings. The van der Waals surface area contributed by atoms with Gasteiger partial charge in [0.05, 0.1) is 25.8 Å². The van der Waals surface area contributed by atoms with E-state index < -0.39 is 0 Å². The number of aromatic nitrogens is 1. The van der Waals surface area contributed by atoms with Crippen LogP contribution in [0.15, 0.2) is 29.8 Å². The van der Waals surface area contributed by atoms with E-state index in [9.17, 15) is 10.1 Å². The van der Waals surface area contributed by atoms with Gasteiger partial charge < -0.3 is 5.32 Å². The smallest absolute Gasteiger partial charge is 0.324 e. The van der Waals surface area contributed by atoms with Gasteiger partial charge in [0.25, 0.3) is 0 Å². The molecule has 20 heavy (non-hydrogen) atoms. The van der Waals surface area contributed by atoms with E-state index >= 15 is 0 Å². The number of hydrogen-bond donors (Lipinski definition) is 1. The molecule has 3 rings (SSSR count). The number of benzene rings is 1. The van der Waals surface area contributed by atoms with Crippen LogP contribution in [-0.4, -0.2) is 9.91 Å². The number of fused-ring (bicyclic) bond motifs is 1. The van der Waals surface area contributed by atoms with Crippen LogP contribution in [0.5, 0.6) is 0 Å². The zero-order chi connectivity index (χ0) is 14.1. The Bertz CT molecular complexity index is 784. The zero-order valence-electron chi connectivity index (χ0n) is 10.00. The lowest BCUT2D eigenvalue weighted by molar-refractivity contribution is -0.380. The van der Waals surface area contributed by atoms with E-state index in [4.69, 9.17) is 11.6 Å². The number of nitrogens with one attached hydrogen (secondary N) is 1. The molecule has 0 unspecified atom stereocenters. The van der Waals surface area contributed by atoms with Crippen molar-refractivity contribution in [2.45, 2.75) is 6.54 Å². The molecule has 0 saturated heterocycles. The first-order chi connectivity index (χ1) is 9.65. The van der Waals surface area contributed by atoms with Crippen molar-refractivity contribution in [3.63, 3.8) is 0 Å². The highest BCUT2D eigenvalue weighted by Gasteiger charge is 2.12. The van der Waals surface area contributed by atoms with Gasteiger partial charge in [-0.25, -0.2) is 4.98 Å². The molecule has 5 nitrogen and oxygen atoms in total. The van der Waals surface area contributed by atoms with Crippen molar-refractivity contribution in [2.75, 3.05) is 5.32 Å². The summed E-state index contributed by atoms with van der Waals surface area (Å²) in [6, 6.07) is 7.00. The predicted octanol–water partition coefficient (Wildman–Crippen LogP) is 4.53. The van der Waals surface area contributed by atoms with E-state index in [1.54, 1.807) is 22.9 Å². The maximum atomic E-state index is 10.6. The Morgan fingerprint density at radius 1 is 1.35 bits per heavy atom. The Hall–Kier alpha value is -1.70. The zero-order valence-corrected chi connectivity index (χ0v) is 12.4. The Kier molecular flexibility index (Phi) is 3.56. The second-order valence-electron chi connectivity index (χ2n) is 3.97. The van der Waals surface area contributed by atoms with Crippen LogP contribution < -0.4 is 5.32 Å². The van der Waals surface area contributed by atoms with Crippen LogP contribution in [0.2, 0.25) is 5.02 Å². The fourth-order valence-electron chi connectivity index (χ4n) is 1.81. The summed E-state index contributed by atoms with van der Waals surface area (Å²) < 4.78 is 1.05. The fourth-order valence-corrected chi connectivity index (χ4v) is 3.47. The van der Waals surface area contributed by atoms with Crippen LogP contribution in [0, 0.1) is 10.1 Å². The Labute approximate surface area is 127 Å². The third-order valence-electron chi connectivity index (χ3n) is 2.72. The lowest BCUT2D eigenvalue weighted by Gasteiger charge is -2.07. The normalized spacial score (nSPS) is 10.8. The van der Waals surface area contributed by atoms with Crippen molar-refractivity contribution >= 4 is 55.2 Å². The Balaban J connectivity index is 1.84. The van der Waals surface area contributed by atoms with E-state index in [0.717, 1.165) is 32.1 Å². The van der Waals surface area contributed by atoms with Crippen LogP contribution >= 0.6 is 34.3 Å². The van der Waals surface area contributed by atoms with Gasteiger partial charge >= 0.3 is 5.00 Å². The summed E-state index contributed by atoms with van der Waals surface area (Å²) in [4.78, 5) is 15.4. The molecule has 0 saturated carbocycles. The van der Waals surface area contributed by atoms with Gasteiger partial charge in [-0.05, 0) is 18.2 Å². The lowest BCUT2D eigenvalue weighted by atomic mass is 10.3. The van der Waals surface area contributed by atoms with Crippen LogP contribution in [0.1, 0.15) is 4.88 Å². The molecule has 1 aromatic carbocycles. The molecule has 2 heterocycles. The Morgan fingerprint density at radius 2 is 2.20 bits per heavy atom. The van der Waals surface area contributed by atoms with Crippen LogP contribution in [-0.2, 0) is 6.54 Å². The van der Waals surface area contributed by atoms with Gasteiger partial charge in [0, 0.05) is 17.5 Å². The van der Waals surface area contributed by atoms with Crippen molar-refractivity contribution in [3.8, 4) is 0 Å². The number of anilines is 1. The summed E-state index contributed by atoms with van der Waals surface area (Å²) in [6.07, 6.45) is 0. The first-order valence-corrected chi connectivity index (χ1v) is 7.71. The topological polar surface area (TPSA) is 68.1 Å². The Morgan fingerprint density at radius 3 is 2.95 bits per heavy atom. The number of nitro groups is 1. The number of thiazole rings is 1. The number of halogens is 1. The van der Waals surface area contributed by atoms with Crippen LogP contribution in [0.25, 0.3) is 10.2 Å². The highest BCUT2D eigenvalue weighted by Crippen LogP contribution is 2.33. The molecule has 102 valence electrons. The average molecular weight is 326 g/mol. The highest BCUT2D eigenvalue weighted by molar-refractivity contribution is 7.16. The molecular weight excluding hydrogens is 318 g/mol. The van der Waals surface area contributed by atoms with Crippen molar-refractivity contribution < 1.29 is 4.92 Å². The first-order valence-electron chi connectivity index (χ1n) is 5.64. The predicted molar refractivity (Wildman–Crippen MR) is 82.9 cm³/mol. The minimum Gasteiger partial charge on any atom is -0.377 e. The molecule has 0 bridgehead atoms. The lowest BCUT2D eigenvalue weighted by Crippen LogP contribution is -1.98. The number of rotatable bonds is 4. The monoisotopic (exact) mass is 325 g/mol. The standard InChI is InChI=1S/C12H8ClN3O2S2/c13-8-2-3-9-12(15-6-19-9)11(8)14-5-7-1-4-10(20-7)16(17)18/h1-4,6,14H,5H2. The highest BCUT2D eigenvalue weighted by atomic mass is 35.5. The van der Waals surface area contributed by atoms with E-state index in [-0.39, 0.29) is 9.92 Å². The molecule has 3 aromatic rings. The van der Waals surface area contributed by atoms with Gasteiger partial charge in [0.2, 0.25) is 0 Å². The van der Waals surface area contributed by atoms with Gasteiger partial charge in [-0.3, -0.25) is 10.1 Å². The summed E-state index contributed by atoms with van der Waals surface area (Å²) in [6.45, 7) is 0.481. The maximum Gasteiger partial charge on any atom is 0.324 e. The van der Waals surface area contributed by atoms with Gasteiger partial charge in [-0.1, -0.05) is 22.9 Å². The fraction of sp³-hybridized carbons (Fsp3) is 0.0833. The van der Waals surface area contributed by atoms with Gasteiger partial charge in [-0.2, -0.15) is 0 Å². The number of nitrogens with zero attached hydrogens (tertiary/aromatic N) is 2. The SMILES string of the molecule is O=[N+]([O-])c1ccc(CNc2c(Cl)ccc3scnc23)s1. The van der Waals surface area contributed by atoms with E-state index in [1.807, 2.05) is 12.1 Å². The summed E-state index contributed by atoms with van der Waals surface area (Å²) >= 11 is 8.87. The molecular formula is C12H8ClN3O2S2. The minimum atomic E-state index is -0.387. The van der Waals surface area contributed by atoms with E-state index in [2.05, 4.69) is 10.3 Å². The summed E-state index contributed by atoms with van der Waals surface area (Å²) in [7, 11) is 0. The number of thiophene rings is 1. The van der Waals surface area contributed by atoms with Crippen LogP contribution in [0.4, 0.5) is 10.7 Å². The third kappa shape index (κ3) is 2.47. The van der Waals surface area contributed by atoms with Gasteiger partial charge in [-0.15, -0.1) is 11.3 Å². The first kappa shape index (κ1) is 13.3. The minimum absolute atomic E-state index is 0.139. The molecule has 0 atom stereocenters. The average Bonchev–Trinajstić information content (AvgIpc) is 3.05. The summed E-state index contributed by atoms with van der Waals surface area (Å²) in [5.41, 5.74) is 3.36. The molecule has 8 heteroatoms. The molecule has 0 fully saturated rings. The number of hydrogen-bond acceptors (Lipinski definition) is 6. The molecule has 0 aliphatic carbocycles. The van der Waals surface area contributed by atoms with Gasteiger partial charge in [0.1, 0.15) is 5.52 Å². The molecule has 2 aromatic heterocycles. The van der Waals surface area contributed by atoms with E-state index in [0.29, 0.717) is 11.6 Å². The van der Waals surface area contributed by atoms with Crippen molar-refractivity contribution in [2.24, 2.45) is 0 Å². The summed E-state index contributed by atoms with van der Waals surface area (Å²) in [5.74, 6) is 0. The van der Waals surface area contributed by atoms with Crippen molar-refractivity contribution in [1.82, 2.24) is 4.98 Å². The van der Waals surface area contributed by atoms with E-state index in [1.165, 1.54) is 6.07 Å². The molecule has 0 spiro atoms. The molecule has 0 aliphatic heterocycles. The van der Waals surface area contributed by atoms with Crippen molar-refractivity contribution in [3.05, 3.63) is 49.8 Å². The second kappa shape index (κ2) is 5.35. The second-order valence-corrected chi connectivity index (χ2v) is 6.41. The third-order valence-corrected chi connectivity index (χ3v) is 4.86. The quantitative estimate of drug-likeness (QED) is 0.565.